The van der Waals surface area contributed by atoms with E-state index >= 15 is 0 Å². The number of carbonyl (C=O) groups excluding carboxylic acids is 1. The number of nitrogens with zero attached hydrogens (tertiary/aromatic N) is 2. The first-order valence-corrected chi connectivity index (χ1v) is 10.3. The molecule has 1 amide bonds. The van der Waals surface area contributed by atoms with Gasteiger partial charge in [0.05, 0.1) is 16.8 Å². The van der Waals surface area contributed by atoms with Crippen LogP contribution in [0.4, 0.5) is 0 Å². The second-order valence-electron chi connectivity index (χ2n) is 7.25. The molecule has 0 aliphatic heterocycles. The third kappa shape index (κ3) is 4.56. The van der Waals surface area contributed by atoms with Crippen molar-refractivity contribution in [1.82, 2.24) is 10.3 Å². The summed E-state index contributed by atoms with van der Waals surface area (Å²) < 4.78 is 0. The summed E-state index contributed by atoms with van der Waals surface area (Å²) in [4.78, 5) is 16.9. The molecule has 136 valence electrons. The van der Waals surface area contributed by atoms with E-state index in [1.807, 2.05) is 12.1 Å². The molecule has 0 spiro atoms. The quantitative estimate of drug-likeness (QED) is 0.773. The highest BCUT2D eigenvalue weighted by atomic mass is 32.2. The number of pyridine rings is 1. The van der Waals surface area contributed by atoms with E-state index in [1.165, 1.54) is 36.6 Å². The van der Waals surface area contributed by atoms with Gasteiger partial charge in [0.1, 0.15) is 11.1 Å². The molecule has 1 saturated carbocycles. The van der Waals surface area contributed by atoms with E-state index in [0.717, 1.165) is 23.7 Å². The number of fused-ring (bicyclic) bond motifs is 1. The summed E-state index contributed by atoms with van der Waals surface area (Å²) in [5, 5.41) is 14.2. The summed E-state index contributed by atoms with van der Waals surface area (Å²) in [5.74, 6) is 0.763. The number of aromatic nitrogens is 1. The number of nitriles is 1. The highest BCUT2D eigenvalue weighted by Gasteiger charge is 2.17. The Morgan fingerprint density at radius 2 is 2.08 bits per heavy atom. The summed E-state index contributed by atoms with van der Waals surface area (Å²) in [6, 6.07) is 10.6. The predicted molar refractivity (Wildman–Crippen MR) is 106 cm³/mol. The Hall–Kier alpha value is -2.06. The highest BCUT2D eigenvalue weighted by molar-refractivity contribution is 8.00. The lowest BCUT2D eigenvalue weighted by Crippen LogP contribution is -2.37. The van der Waals surface area contributed by atoms with Crippen LogP contribution in [0.3, 0.4) is 0 Å². The largest absolute Gasteiger partial charge is 0.353 e. The molecule has 1 aromatic heterocycles. The molecule has 4 nitrogen and oxygen atoms in total. The van der Waals surface area contributed by atoms with Gasteiger partial charge in [0, 0.05) is 11.4 Å². The van der Waals surface area contributed by atoms with Crippen molar-refractivity contribution in [2.75, 3.05) is 5.75 Å². The summed E-state index contributed by atoms with van der Waals surface area (Å²) in [5.41, 5.74) is 2.63. The molecule has 1 aromatic carbocycles. The molecule has 2 aromatic rings. The zero-order valence-corrected chi connectivity index (χ0v) is 16.2. The molecule has 26 heavy (non-hydrogen) atoms. The minimum absolute atomic E-state index is 0.0304. The first kappa shape index (κ1) is 18.7. The maximum Gasteiger partial charge on any atom is 0.230 e. The van der Waals surface area contributed by atoms with E-state index in [4.69, 9.17) is 0 Å². The summed E-state index contributed by atoms with van der Waals surface area (Å²) in [6.07, 6.45) is 5.81. The third-order valence-corrected chi connectivity index (χ3v) is 5.89. The lowest BCUT2D eigenvalue weighted by Gasteiger charge is -2.22. The van der Waals surface area contributed by atoms with E-state index in [2.05, 4.69) is 42.4 Å². The Morgan fingerprint density at radius 3 is 2.77 bits per heavy atom. The van der Waals surface area contributed by atoms with Gasteiger partial charge in [0.15, 0.2) is 0 Å². The van der Waals surface area contributed by atoms with Gasteiger partial charge < -0.3 is 5.32 Å². The molecule has 1 aliphatic carbocycles. The molecule has 5 heteroatoms. The molecular weight excluding hydrogens is 342 g/mol. The maximum atomic E-state index is 12.2. The Balaban J connectivity index is 1.71. The van der Waals surface area contributed by atoms with Crippen molar-refractivity contribution < 1.29 is 4.79 Å². The molecule has 1 aliphatic rings. The summed E-state index contributed by atoms with van der Waals surface area (Å²) in [6.45, 7) is 4.30. The number of carbonyl (C=O) groups is 1. The van der Waals surface area contributed by atoms with Gasteiger partial charge >= 0.3 is 0 Å². The van der Waals surface area contributed by atoms with Crippen molar-refractivity contribution in [3.63, 3.8) is 0 Å². The molecule has 0 radical (unpaired) electrons. The fourth-order valence-electron chi connectivity index (χ4n) is 3.38. The monoisotopic (exact) mass is 367 g/mol. The van der Waals surface area contributed by atoms with Gasteiger partial charge in [0.25, 0.3) is 0 Å². The van der Waals surface area contributed by atoms with Gasteiger partial charge in [0.2, 0.25) is 5.91 Å². The predicted octanol–water partition coefficient (Wildman–Crippen LogP) is 4.77. The number of benzene rings is 1. The minimum atomic E-state index is 0.0304. The van der Waals surface area contributed by atoms with Crippen LogP contribution >= 0.6 is 11.8 Å². The van der Waals surface area contributed by atoms with Crippen molar-refractivity contribution in [2.24, 2.45) is 0 Å². The van der Waals surface area contributed by atoms with E-state index in [-0.39, 0.29) is 5.91 Å². The van der Waals surface area contributed by atoms with Crippen LogP contribution < -0.4 is 5.32 Å². The molecule has 0 unspecified atom stereocenters. The lowest BCUT2D eigenvalue weighted by atomic mass is 9.95. The first-order chi connectivity index (χ1) is 12.6. The standard InChI is InChI=1S/C21H25N3OS/c1-14(2)15-8-9-19-16(10-15)11-17(12-22)21(24-19)26-13-20(25)23-18-6-4-3-5-7-18/h8-11,14,18H,3-7,13H2,1-2H3,(H,23,25). The van der Waals surface area contributed by atoms with Gasteiger partial charge in [-0.2, -0.15) is 5.26 Å². The maximum absolute atomic E-state index is 12.2. The van der Waals surface area contributed by atoms with E-state index in [0.29, 0.717) is 28.3 Å². The van der Waals surface area contributed by atoms with Gasteiger partial charge in [-0.25, -0.2) is 4.98 Å². The van der Waals surface area contributed by atoms with Gasteiger partial charge in [-0.3, -0.25) is 4.79 Å². The van der Waals surface area contributed by atoms with Crippen molar-refractivity contribution >= 4 is 28.6 Å². The number of amides is 1. The second kappa shape index (κ2) is 8.55. The van der Waals surface area contributed by atoms with Crippen LogP contribution in [-0.2, 0) is 4.79 Å². The van der Waals surface area contributed by atoms with Crippen molar-refractivity contribution in [1.29, 1.82) is 5.26 Å². The van der Waals surface area contributed by atoms with E-state index in [1.54, 1.807) is 0 Å². The van der Waals surface area contributed by atoms with Gasteiger partial charge in [-0.15, -0.1) is 0 Å². The lowest BCUT2D eigenvalue weighted by molar-refractivity contribution is -0.119. The molecule has 0 bridgehead atoms. The average molecular weight is 368 g/mol. The van der Waals surface area contributed by atoms with Gasteiger partial charge in [-0.1, -0.05) is 50.9 Å². The normalized spacial score (nSPS) is 15.2. The van der Waals surface area contributed by atoms with Crippen LogP contribution in [0.5, 0.6) is 0 Å². The fraction of sp³-hybridized carbons (Fsp3) is 0.476. The summed E-state index contributed by atoms with van der Waals surface area (Å²) in [7, 11) is 0. The van der Waals surface area contributed by atoms with Crippen LogP contribution in [0.15, 0.2) is 29.3 Å². The molecule has 0 atom stereocenters. The number of hydrogen-bond donors (Lipinski definition) is 1. The Morgan fingerprint density at radius 1 is 1.31 bits per heavy atom. The first-order valence-electron chi connectivity index (χ1n) is 9.34. The van der Waals surface area contributed by atoms with Crippen LogP contribution in [0, 0.1) is 11.3 Å². The highest BCUT2D eigenvalue weighted by Crippen LogP contribution is 2.27. The zero-order chi connectivity index (χ0) is 18.5. The van der Waals surface area contributed by atoms with Crippen molar-refractivity contribution in [3.8, 4) is 6.07 Å². The van der Waals surface area contributed by atoms with Crippen LogP contribution in [0.25, 0.3) is 10.9 Å². The average Bonchev–Trinajstić information content (AvgIpc) is 2.65. The fourth-order valence-corrected chi connectivity index (χ4v) is 4.15. The zero-order valence-electron chi connectivity index (χ0n) is 15.4. The summed E-state index contributed by atoms with van der Waals surface area (Å²) >= 11 is 1.35. The van der Waals surface area contributed by atoms with Crippen molar-refractivity contribution in [2.45, 2.75) is 62.9 Å². The Bertz CT molecular complexity index is 835. The van der Waals surface area contributed by atoms with Crippen molar-refractivity contribution in [3.05, 3.63) is 35.4 Å². The van der Waals surface area contributed by atoms with E-state index < -0.39 is 0 Å². The molecule has 1 heterocycles. The molecule has 3 rings (SSSR count). The number of nitrogens with one attached hydrogen (secondary N) is 1. The molecule has 1 fully saturated rings. The van der Waals surface area contributed by atoms with Crippen LogP contribution in [-0.4, -0.2) is 22.7 Å². The topological polar surface area (TPSA) is 65.8 Å². The Labute approximate surface area is 159 Å². The Kier molecular flexibility index (Phi) is 6.16. The molecular formula is C21H25N3OS. The molecule has 1 N–H and O–H groups in total. The third-order valence-electron chi connectivity index (χ3n) is 4.90. The molecule has 0 saturated heterocycles. The van der Waals surface area contributed by atoms with Gasteiger partial charge in [-0.05, 0) is 42.5 Å². The van der Waals surface area contributed by atoms with Crippen LogP contribution in [0.1, 0.15) is 63.0 Å². The number of thioether (sulfide) groups is 1. The smallest absolute Gasteiger partial charge is 0.230 e. The number of rotatable bonds is 5. The van der Waals surface area contributed by atoms with Crippen LogP contribution in [0.2, 0.25) is 0 Å². The van der Waals surface area contributed by atoms with E-state index in [9.17, 15) is 10.1 Å². The SMILES string of the molecule is CC(C)c1ccc2nc(SCC(=O)NC3CCCCC3)c(C#N)cc2c1. The number of hydrogen-bond acceptors (Lipinski definition) is 4. The minimum Gasteiger partial charge on any atom is -0.353 e. The second-order valence-corrected chi connectivity index (χ2v) is 8.21.